The molecule has 4 nitrogen and oxygen atoms in total. The van der Waals surface area contributed by atoms with Crippen molar-refractivity contribution in [3.05, 3.63) is 21.0 Å². The van der Waals surface area contributed by atoms with Crippen molar-refractivity contribution in [2.45, 2.75) is 53.1 Å². The first-order valence-corrected chi connectivity index (χ1v) is 7.60. The van der Waals surface area contributed by atoms with E-state index < -0.39 is 0 Å². The van der Waals surface area contributed by atoms with E-state index in [0.717, 1.165) is 12.2 Å². The first kappa shape index (κ1) is 14.6. The number of aromatic nitrogens is 2. The van der Waals surface area contributed by atoms with E-state index in [9.17, 15) is 4.79 Å². The minimum absolute atomic E-state index is 0.0435. The number of nitrogens with one attached hydrogen (secondary N) is 1. The summed E-state index contributed by atoms with van der Waals surface area (Å²) in [5.41, 5.74) is 0.861. The van der Waals surface area contributed by atoms with Crippen molar-refractivity contribution < 1.29 is 0 Å². The Labute approximate surface area is 122 Å². The number of hydrogen-bond donors (Lipinski definition) is 1. The fourth-order valence-electron chi connectivity index (χ4n) is 1.69. The molecule has 1 N–H and O–H groups in total. The molecule has 0 aliphatic heterocycles. The van der Waals surface area contributed by atoms with Gasteiger partial charge in [-0.15, -0.1) is 0 Å². The minimum Gasteiger partial charge on any atom is -0.380 e. The molecule has 1 aliphatic carbocycles. The Bertz CT molecular complexity index is 514. The summed E-state index contributed by atoms with van der Waals surface area (Å²) >= 11 is 3.40. The van der Waals surface area contributed by atoms with Crippen molar-refractivity contribution in [1.29, 1.82) is 0 Å². The lowest BCUT2D eigenvalue weighted by atomic mass is 9.88. The van der Waals surface area contributed by atoms with Crippen LogP contribution in [0.25, 0.3) is 0 Å². The van der Waals surface area contributed by atoms with E-state index in [-0.39, 0.29) is 17.0 Å². The highest BCUT2D eigenvalue weighted by molar-refractivity contribution is 9.10. The number of halogens is 1. The van der Waals surface area contributed by atoms with Crippen molar-refractivity contribution in [3.63, 3.8) is 0 Å². The second-order valence-electron chi connectivity index (χ2n) is 6.53. The molecule has 1 atom stereocenters. The Balaban J connectivity index is 2.18. The highest BCUT2D eigenvalue weighted by atomic mass is 79.9. The lowest BCUT2D eigenvalue weighted by molar-refractivity contribution is 0.359. The molecule has 0 bridgehead atoms. The van der Waals surface area contributed by atoms with Gasteiger partial charge >= 0.3 is 0 Å². The van der Waals surface area contributed by atoms with Gasteiger partial charge < -0.3 is 5.32 Å². The highest BCUT2D eigenvalue weighted by Gasteiger charge is 2.24. The molecule has 0 radical (unpaired) electrons. The van der Waals surface area contributed by atoms with Gasteiger partial charge in [0.25, 0.3) is 5.56 Å². The van der Waals surface area contributed by atoms with E-state index in [2.05, 4.69) is 54.0 Å². The zero-order valence-electron chi connectivity index (χ0n) is 12.0. The highest BCUT2D eigenvalue weighted by Crippen LogP contribution is 2.30. The van der Waals surface area contributed by atoms with Gasteiger partial charge in [0, 0.05) is 12.6 Å². The van der Waals surface area contributed by atoms with Crippen LogP contribution >= 0.6 is 15.9 Å². The summed E-state index contributed by atoms with van der Waals surface area (Å²) in [6.07, 6.45) is 4.18. The number of anilines is 1. The van der Waals surface area contributed by atoms with E-state index in [4.69, 9.17) is 0 Å². The van der Waals surface area contributed by atoms with E-state index >= 15 is 0 Å². The summed E-state index contributed by atoms with van der Waals surface area (Å²) in [5.74, 6) is 0.643. The summed E-state index contributed by atoms with van der Waals surface area (Å²) in [6.45, 7) is 9.36. The van der Waals surface area contributed by atoms with Crippen LogP contribution < -0.4 is 10.9 Å². The van der Waals surface area contributed by atoms with Crippen LogP contribution in [0.15, 0.2) is 15.5 Å². The first-order chi connectivity index (χ1) is 8.79. The third-order valence-corrected chi connectivity index (χ3v) is 4.55. The van der Waals surface area contributed by atoms with Crippen LogP contribution in [0.2, 0.25) is 0 Å². The predicted molar refractivity (Wildman–Crippen MR) is 81.5 cm³/mol. The van der Waals surface area contributed by atoms with Crippen LogP contribution in [0.4, 0.5) is 5.69 Å². The van der Waals surface area contributed by atoms with E-state index in [0.29, 0.717) is 10.4 Å². The molecule has 1 saturated carbocycles. The van der Waals surface area contributed by atoms with Gasteiger partial charge in [-0.25, -0.2) is 4.68 Å². The van der Waals surface area contributed by atoms with Crippen molar-refractivity contribution in [1.82, 2.24) is 9.78 Å². The molecule has 2 rings (SSSR count). The van der Waals surface area contributed by atoms with E-state index in [1.807, 2.05) is 0 Å². The van der Waals surface area contributed by atoms with Crippen molar-refractivity contribution in [3.8, 4) is 0 Å². The van der Waals surface area contributed by atoms with Gasteiger partial charge in [0.2, 0.25) is 0 Å². The van der Waals surface area contributed by atoms with Gasteiger partial charge in [-0.05, 0) is 47.0 Å². The predicted octanol–water partition coefficient (Wildman–Crippen LogP) is 3.26. The lowest BCUT2D eigenvalue weighted by Gasteiger charge is -2.29. The monoisotopic (exact) mass is 327 g/mol. The van der Waals surface area contributed by atoms with Gasteiger partial charge in [0.1, 0.15) is 4.47 Å². The normalized spacial score (nSPS) is 17.3. The number of nitrogens with zero attached hydrogens (tertiary/aromatic N) is 2. The summed E-state index contributed by atoms with van der Waals surface area (Å²) in [4.78, 5) is 12.2. The summed E-state index contributed by atoms with van der Waals surface area (Å²) in [6, 6.07) is 0.254. The molecule has 0 aromatic carbocycles. The van der Waals surface area contributed by atoms with Crippen LogP contribution in [0, 0.1) is 11.3 Å². The molecular formula is C14H22BrN3O. The molecule has 0 spiro atoms. The fourth-order valence-corrected chi connectivity index (χ4v) is 2.11. The van der Waals surface area contributed by atoms with Crippen LogP contribution in [0.1, 0.15) is 40.5 Å². The number of hydrogen-bond acceptors (Lipinski definition) is 3. The van der Waals surface area contributed by atoms with Crippen molar-refractivity contribution in [2.24, 2.45) is 11.3 Å². The average molecular weight is 328 g/mol. The molecule has 1 aromatic rings. The molecule has 1 unspecified atom stereocenters. The van der Waals surface area contributed by atoms with Gasteiger partial charge in [-0.3, -0.25) is 4.79 Å². The standard InChI is InChI=1S/C14H22BrN3O/c1-9(14(2,3)4)17-11-7-16-18(8-10-5-6-10)13(19)12(11)15/h7,9-10,17H,5-6,8H2,1-4H3. The smallest absolute Gasteiger partial charge is 0.283 e. The molecule has 1 heterocycles. The largest absolute Gasteiger partial charge is 0.380 e. The summed E-state index contributed by atoms with van der Waals surface area (Å²) in [7, 11) is 0. The molecule has 0 saturated heterocycles. The van der Waals surface area contributed by atoms with Crippen LogP contribution in [0.5, 0.6) is 0 Å². The second kappa shape index (κ2) is 5.27. The topological polar surface area (TPSA) is 46.9 Å². The third-order valence-electron chi connectivity index (χ3n) is 3.78. The molecule has 5 heteroatoms. The zero-order valence-corrected chi connectivity index (χ0v) is 13.6. The zero-order chi connectivity index (χ0) is 14.2. The molecule has 0 amide bonds. The summed E-state index contributed by atoms with van der Waals surface area (Å²) < 4.78 is 2.15. The van der Waals surface area contributed by atoms with Gasteiger partial charge in [0.05, 0.1) is 11.9 Å². The van der Waals surface area contributed by atoms with E-state index in [1.165, 1.54) is 12.8 Å². The molecular weight excluding hydrogens is 306 g/mol. The van der Waals surface area contributed by atoms with Crippen molar-refractivity contribution >= 4 is 21.6 Å². The molecule has 1 fully saturated rings. The van der Waals surface area contributed by atoms with Crippen molar-refractivity contribution in [2.75, 3.05) is 5.32 Å². The fraction of sp³-hybridized carbons (Fsp3) is 0.714. The second-order valence-corrected chi connectivity index (χ2v) is 7.33. The third kappa shape index (κ3) is 3.59. The van der Waals surface area contributed by atoms with Crippen LogP contribution in [-0.2, 0) is 6.54 Å². The van der Waals surface area contributed by atoms with Gasteiger partial charge in [0.15, 0.2) is 0 Å². The maximum atomic E-state index is 12.2. The summed E-state index contributed by atoms with van der Waals surface area (Å²) in [5, 5.41) is 7.63. The lowest BCUT2D eigenvalue weighted by Crippen LogP contribution is -2.33. The van der Waals surface area contributed by atoms with Gasteiger partial charge in [-0.1, -0.05) is 20.8 Å². The van der Waals surface area contributed by atoms with Crippen LogP contribution in [-0.4, -0.2) is 15.8 Å². The van der Waals surface area contributed by atoms with Gasteiger partial charge in [-0.2, -0.15) is 5.10 Å². The Kier molecular flexibility index (Phi) is 4.04. The Hall–Kier alpha value is -0.840. The first-order valence-electron chi connectivity index (χ1n) is 6.81. The Morgan fingerprint density at radius 2 is 2.16 bits per heavy atom. The maximum Gasteiger partial charge on any atom is 0.283 e. The number of rotatable bonds is 4. The van der Waals surface area contributed by atoms with Crippen LogP contribution in [0.3, 0.4) is 0 Å². The molecule has 19 heavy (non-hydrogen) atoms. The average Bonchev–Trinajstić information content (AvgIpc) is 3.11. The van der Waals surface area contributed by atoms with E-state index in [1.54, 1.807) is 10.9 Å². The Morgan fingerprint density at radius 3 is 2.68 bits per heavy atom. The quantitative estimate of drug-likeness (QED) is 0.923. The maximum absolute atomic E-state index is 12.2. The SMILES string of the molecule is CC(Nc1cnn(CC2CC2)c(=O)c1Br)C(C)(C)C. The molecule has 1 aliphatic rings. The molecule has 106 valence electrons. The minimum atomic E-state index is -0.0435. The Morgan fingerprint density at radius 1 is 1.53 bits per heavy atom. The molecule has 1 aromatic heterocycles.